The third kappa shape index (κ3) is 1.28. The van der Waals surface area contributed by atoms with Crippen molar-refractivity contribution in [1.82, 2.24) is 0 Å². The van der Waals surface area contributed by atoms with Crippen LogP contribution in [0.1, 0.15) is 19.3 Å². The van der Waals surface area contributed by atoms with Gasteiger partial charge in [0.05, 0.1) is 13.2 Å². The normalized spacial score (nSPS) is 41.9. The van der Waals surface area contributed by atoms with E-state index < -0.39 is 11.9 Å². The van der Waals surface area contributed by atoms with Crippen molar-refractivity contribution in [3.8, 4) is 0 Å². The zero-order valence-corrected chi connectivity index (χ0v) is 7.03. The molecule has 0 saturated carbocycles. The fourth-order valence-corrected chi connectivity index (χ4v) is 1.74. The molecule has 2 rings (SSSR count). The summed E-state index contributed by atoms with van der Waals surface area (Å²) in [6, 6.07) is 0. The summed E-state index contributed by atoms with van der Waals surface area (Å²) in [5.74, 6) is -0.715. The molecular weight excluding hydrogens is 156 g/mol. The Hall–Kier alpha value is -0.380. The first-order chi connectivity index (χ1) is 5.83. The van der Waals surface area contributed by atoms with Crippen molar-refractivity contribution in [2.75, 3.05) is 13.2 Å². The van der Waals surface area contributed by atoms with Crippen LogP contribution in [0.15, 0.2) is 12.2 Å². The van der Waals surface area contributed by atoms with Gasteiger partial charge in [-0.2, -0.15) is 0 Å². The van der Waals surface area contributed by atoms with Crippen LogP contribution < -0.4 is 0 Å². The molecule has 0 bridgehead atoms. The molecule has 0 radical (unpaired) electrons. The van der Waals surface area contributed by atoms with Crippen molar-refractivity contribution in [3.05, 3.63) is 12.2 Å². The van der Waals surface area contributed by atoms with Gasteiger partial charge in [0.1, 0.15) is 6.10 Å². The van der Waals surface area contributed by atoms with Crippen molar-refractivity contribution >= 4 is 0 Å². The Bertz CT molecular complexity index is 182. The molecule has 12 heavy (non-hydrogen) atoms. The second kappa shape index (κ2) is 3.17. The van der Waals surface area contributed by atoms with Gasteiger partial charge >= 0.3 is 0 Å². The van der Waals surface area contributed by atoms with Gasteiger partial charge in [0.2, 0.25) is 0 Å². The first-order valence-corrected chi connectivity index (χ1v) is 4.46. The molecular formula is C9H14O3. The van der Waals surface area contributed by atoms with E-state index in [1.807, 2.05) is 6.08 Å². The summed E-state index contributed by atoms with van der Waals surface area (Å²) in [7, 11) is 0. The summed E-state index contributed by atoms with van der Waals surface area (Å²) in [4.78, 5) is 0. The minimum atomic E-state index is -0.715. The fraction of sp³-hybridized carbons (Fsp3) is 0.778. The molecule has 0 unspecified atom stereocenters. The van der Waals surface area contributed by atoms with Crippen LogP contribution in [0.4, 0.5) is 0 Å². The Balaban J connectivity index is 2.11. The van der Waals surface area contributed by atoms with Crippen molar-refractivity contribution in [3.63, 3.8) is 0 Å². The van der Waals surface area contributed by atoms with Crippen molar-refractivity contribution in [1.29, 1.82) is 0 Å². The van der Waals surface area contributed by atoms with Gasteiger partial charge in [0.15, 0.2) is 5.79 Å². The van der Waals surface area contributed by atoms with Crippen LogP contribution in [0.3, 0.4) is 0 Å². The lowest BCUT2D eigenvalue weighted by atomic mass is 9.98. The Labute approximate surface area is 72.0 Å². The van der Waals surface area contributed by atoms with E-state index in [0.717, 1.165) is 19.3 Å². The van der Waals surface area contributed by atoms with Crippen LogP contribution in [-0.4, -0.2) is 30.2 Å². The van der Waals surface area contributed by atoms with E-state index in [2.05, 4.69) is 0 Å². The van der Waals surface area contributed by atoms with E-state index in [1.165, 1.54) is 0 Å². The van der Waals surface area contributed by atoms with E-state index in [9.17, 15) is 5.11 Å². The number of hydrogen-bond donors (Lipinski definition) is 1. The molecule has 3 heteroatoms. The quantitative estimate of drug-likeness (QED) is 0.547. The second-order valence-corrected chi connectivity index (χ2v) is 3.30. The van der Waals surface area contributed by atoms with Crippen LogP contribution in [0, 0.1) is 0 Å². The van der Waals surface area contributed by atoms with Gasteiger partial charge < -0.3 is 14.6 Å². The molecule has 3 nitrogen and oxygen atoms in total. The van der Waals surface area contributed by atoms with Gasteiger partial charge in [-0.3, -0.25) is 0 Å². The molecule has 1 spiro atoms. The highest BCUT2D eigenvalue weighted by Crippen LogP contribution is 2.32. The van der Waals surface area contributed by atoms with Crippen LogP contribution >= 0.6 is 0 Å². The minimum absolute atomic E-state index is 0.553. The third-order valence-corrected chi connectivity index (χ3v) is 2.46. The van der Waals surface area contributed by atoms with Crippen molar-refractivity contribution < 1.29 is 14.6 Å². The largest absolute Gasteiger partial charge is 0.383 e. The number of aliphatic hydroxyl groups is 1. The highest BCUT2D eigenvalue weighted by Gasteiger charge is 2.41. The van der Waals surface area contributed by atoms with E-state index in [0.29, 0.717) is 13.2 Å². The first-order valence-electron chi connectivity index (χ1n) is 4.46. The Morgan fingerprint density at radius 3 is 2.92 bits per heavy atom. The monoisotopic (exact) mass is 170 g/mol. The fourth-order valence-electron chi connectivity index (χ4n) is 1.74. The average molecular weight is 170 g/mol. The summed E-state index contributed by atoms with van der Waals surface area (Å²) >= 11 is 0. The third-order valence-electron chi connectivity index (χ3n) is 2.46. The zero-order chi connectivity index (χ0) is 8.44. The SMILES string of the molecule is O[C@H]1C=CCO[C@@]12CCCCO2. The van der Waals surface area contributed by atoms with E-state index >= 15 is 0 Å². The summed E-state index contributed by atoms with van der Waals surface area (Å²) in [6.45, 7) is 1.25. The smallest absolute Gasteiger partial charge is 0.198 e. The number of rotatable bonds is 0. The van der Waals surface area contributed by atoms with Crippen LogP contribution in [0.5, 0.6) is 0 Å². The Kier molecular flexibility index (Phi) is 2.17. The molecule has 2 aliphatic rings. The van der Waals surface area contributed by atoms with E-state index in [-0.39, 0.29) is 0 Å². The molecule has 2 aliphatic heterocycles. The summed E-state index contributed by atoms with van der Waals surface area (Å²) in [6.07, 6.45) is 5.94. The minimum Gasteiger partial charge on any atom is -0.383 e. The molecule has 68 valence electrons. The molecule has 0 aliphatic carbocycles. The van der Waals surface area contributed by atoms with Gasteiger partial charge in [-0.15, -0.1) is 0 Å². The van der Waals surface area contributed by atoms with Crippen LogP contribution in [0.2, 0.25) is 0 Å². The summed E-state index contributed by atoms with van der Waals surface area (Å²) < 4.78 is 11.0. The van der Waals surface area contributed by atoms with Gasteiger partial charge in [-0.1, -0.05) is 12.2 Å². The Morgan fingerprint density at radius 2 is 2.25 bits per heavy atom. The topological polar surface area (TPSA) is 38.7 Å². The lowest BCUT2D eigenvalue weighted by Crippen LogP contribution is -2.50. The maximum absolute atomic E-state index is 9.65. The van der Waals surface area contributed by atoms with Crippen molar-refractivity contribution in [2.45, 2.75) is 31.2 Å². The predicted octanol–water partition coefficient (Wildman–Crippen LogP) is 0.831. The highest BCUT2D eigenvalue weighted by atomic mass is 16.7. The van der Waals surface area contributed by atoms with Crippen LogP contribution in [-0.2, 0) is 9.47 Å². The maximum atomic E-state index is 9.65. The molecule has 2 heterocycles. The van der Waals surface area contributed by atoms with Crippen LogP contribution in [0.25, 0.3) is 0 Å². The first kappa shape index (κ1) is 8.23. The second-order valence-electron chi connectivity index (χ2n) is 3.30. The molecule has 1 N–H and O–H groups in total. The summed E-state index contributed by atoms with van der Waals surface area (Å²) in [5.41, 5.74) is 0. The van der Waals surface area contributed by atoms with E-state index in [1.54, 1.807) is 6.08 Å². The lowest BCUT2D eigenvalue weighted by Gasteiger charge is -2.40. The molecule has 2 atom stereocenters. The number of hydrogen-bond acceptors (Lipinski definition) is 3. The standard InChI is InChI=1S/C9H14O3/c10-8-4-3-7-12-9(8)5-1-2-6-11-9/h3-4,8,10H,1-2,5-7H2/t8-,9-/m0/s1. The molecule has 1 saturated heterocycles. The van der Waals surface area contributed by atoms with Gasteiger partial charge in [0, 0.05) is 6.42 Å². The molecule has 0 aromatic heterocycles. The lowest BCUT2D eigenvalue weighted by molar-refractivity contribution is -0.289. The van der Waals surface area contributed by atoms with Gasteiger partial charge in [-0.05, 0) is 12.8 Å². The molecule has 1 fully saturated rings. The number of aliphatic hydroxyl groups excluding tert-OH is 1. The predicted molar refractivity (Wildman–Crippen MR) is 43.6 cm³/mol. The summed E-state index contributed by atoms with van der Waals surface area (Å²) in [5, 5.41) is 9.65. The van der Waals surface area contributed by atoms with Crippen molar-refractivity contribution in [2.24, 2.45) is 0 Å². The highest BCUT2D eigenvalue weighted by molar-refractivity contribution is 5.02. The van der Waals surface area contributed by atoms with Gasteiger partial charge in [0.25, 0.3) is 0 Å². The Morgan fingerprint density at radius 1 is 1.33 bits per heavy atom. The van der Waals surface area contributed by atoms with E-state index in [4.69, 9.17) is 9.47 Å². The maximum Gasteiger partial charge on any atom is 0.198 e. The molecule has 0 aromatic carbocycles. The van der Waals surface area contributed by atoms with Gasteiger partial charge in [-0.25, -0.2) is 0 Å². The number of ether oxygens (including phenoxy) is 2. The molecule has 0 amide bonds. The molecule has 0 aromatic rings. The zero-order valence-electron chi connectivity index (χ0n) is 7.03. The average Bonchev–Trinajstić information content (AvgIpc) is 2.12.